The van der Waals surface area contributed by atoms with Gasteiger partial charge in [0.05, 0.1) is 23.8 Å². The molecule has 124 valence electrons. The molecule has 0 saturated carbocycles. The predicted molar refractivity (Wildman–Crippen MR) is 85.7 cm³/mol. The number of carbonyl (C=O) groups excluding carboxylic acids is 2. The molecule has 0 aliphatic carbocycles. The summed E-state index contributed by atoms with van der Waals surface area (Å²) < 4.78 is 5.05. The number of anilines is 1. The van der Waals surface area contributed by atoms with Crippen LogP contribution in [0.1, 0.15) is 17.3 Å². The number of aliphatic carboxylic acids is 1. The van der Waals surface area contributed by atoms with Crippen molar-refractivity contribution in [3.8, 4) is 0 Å². The van der Waals surface area contributed by atoms with Gasteiger partial charge in [0.2, 0.25) is 5.91 Å². The van der Waals surface area contributed by atoms with Crippen molar-refractivity contribution in [2.75, 3.05) is 18.5 Å². The number of rotatable bonds is 8. The molecule has 7 nitrogen and oxygen atoms in total. The Labute approximate surface area is 138 Å². The Balaban J connectivity index is 2.87. The van der Waals surface area contributed by atoms with Gasteiger partial charge in [0, 0.05) is 12.6 Å². The molecule has 1 atom stereocenters. The monoisotopic (exact) mass is 340 g/mol. The first-order chi connectivity index (χ1) is 10.8. The van der Waals surface area contributed by atoms with Crippen molar-refractivity contribution in [1.82, 2.24) is 5.32 Å². The molecule has 2 amide bonds. The highest BCUT2D eigenvalue weighted by Gasteiger charge is 2.22. The van der Waals surface area contributed by atoms with Crippen LogP contribution in [0, 0.1) is 0 Å². The lowest BCUT2D eigenvalue weighted by Gasteiger charge is -2.15. The molecular weight excluding hydrogens is 324 g/mol. The van der Waals surface area contributed by atoms with Crippen LogP contribution in [-0.2, 0) is 14.3 Å². The highest BCUT2D eigenvalue weighted by Crippen LogP contribution is 2.20. The fourth-order valence-electron chi connectivity index (χ4n) is 1.66. The van der Waals surface area contributed by atoms with Gasteiger partial charge in [-0.05, 0) is 18.2 Å². The molecular formula is C15H17ClN2O5. The Morgan fingerprint density at radius 1 is 1.43 bits per heavy atom. The van der Waals surface area contributed by atoms with Crippen LogP contribution in [0.15, 0.2) is 30.9 Å². The summed E-state index contributed by atoms with van der Waals surface area (Å²) in [6.07, 6.45) is 1.47. The van der Waals surface area contributed by atoms with Crippen LogP contribution in [0.4, 0.5) is 5.69 Å². The number of carboxylic acid groups (broad SMARTS) is 1. The van der Waals surface area contributed by atoms with E-state index in [1.165, 1.54) is 31.2 Å². The van der Waals surface area contributed by atoms with Gasteiger partial charge in [-0.3, -0.25) is 9.59 Å². The number of carbonyl (C=O) groups is 3. The zero-order valence-electron chi connectivity index (χ0n) is 12.5. The lowest BCUT2D eigenvalue weighted by molar-refractivity contribution is -0.140. The molecule has 0 heterocycles. The van der Waals surface area contributed by atoms with Crippen molar-refractivity contribution in [3.05, 3.63) is 41.4 Å². The van der Waals surface area contributed by atoms with Crippen LogP contribution in [-0.4, -0.2) is 42.1 Å². The van der Waals surface area contributed by atoms with Gasteiger partial charge in [-0.2, -0.15) is 0 Å². The van der Waals surface area contributed by atoms with Crippen molar-refractivity contribution in [3.63, 3.8) is 0 Å². The maximum Gasteiger partial charge on any atom is 0.328 e. The van der Waals surface area contributed by atoms with Crippen molar-refractivity contribution >= 4 is 35.1 Å². The summed E-state index contributed by atoms with van der Waals surface area (Å²) in [6, 6.07) is 3.10. The Morgan fingerprint density at radius 3 is 2.70 bits per heavy atom. The minimum absolute atomic E-state index is 0.0490. The van der Waals surface area contributed by atoms with E-state index in [1.54, 1.807) is 0 Å². The maximum absolute atomic E-state index is 12.2. The van der Waals surface area contributed by atoms with E-state index in [-0.39, 0.29) is 29.7 Å². The summed E-state index contributed by atoms with van der Waals surface area (Å²) in [5.41, 5.74) is 0.426. The summed E-state index contributed by atoms with van der Waals surface area (Å²) in [4.78, 5) is 34.4. The van der Waals surface area contributed by atoms with Crippen LogP contribution >= 0.6 is 11.6 Å². The number of hydrogen-bond acceptors (Lipinski definition) is 4. The highest BCUT2D eigenvalue weighted by molar-refractivity contribution is 6.34. The summed E-state index contributed by atoms with van der Waals surface area (Å²) in [6.45, 7) is 4.72. The molecule has 3 N–H and O–H groups in total. The molecule has 1 unspecified atom stereocenters. The third-order valence-electron chi connectivity index (χ3n) is 2.65. The van der Waals surface area contributed by atoms with Gasteiger partial charge >= 0.3 is 5.97 Å². The molecule has 1 rings (SSSR count). The summed E-state index contributed by atoms with van der Waals surface area (Å²) in [7, 11) is 0. The average molecular weight is 341 g/mol. The molecule has 0 spiro atoms. The van der Waals surface area contributed by atoms with Crippen molar-refractivity contribution in [2.45, 2.75) is 13.0 Å². The Bertz CT molecular complexity index is 618. The lowest BCUT2D eigenvalue weighted by Crippen LogP contribution is -2.44. The number of carboxylic acids is 1. The number of amides is 2. The number of halogens is 1. The largest absolute Gasteiger partial charge is 0.480 e. The van der Waals surface area contributed by atoms with Crippen molar-refractivity contribution in [1.29, 1.82) is 0 Å². The summed E-state index contributed by atoms with van der Waals surface area (Å²) in [5.74, 6) is -2.23. The van der Waals surface area contributed by atoms with Gasteiger partial charge in [-0.1, -0.05) is 17.7 Å². The minimum Gasteiger partial charge on any atom is -0.480 e. The first-order valence-corrected chi connectivity index (χ1v) is 7.02. The van der Waals surface area contributed by atoms with E-state index in [1.807, 2.05) is 0 Å². The number of nitrogens with one attached hydrogen (secondary N) is 2. The lowest BCUT2D eigenvalue weighted by atomic mass is 10.1. The third kappa shape index (κ3) is 6.09. The molecule has 0 saturated heterocycles. The Morgan fingerprint density at radius 2 is 2.13 bits per heavy atom. The molecule has 8 heteroatoms. The molecule has 0 aliphatic heterocycles. The fourth-order valence-corrected chi connectivity index (χ4v) is 1.86. The Hall–Kier alpha value is -2.38. The molecule has 23 heavy (non-hydrogen) atoms. The first-order valence-electron chi connectivity index (χ1n) is 6.64. The average Bonchev–Trinajstić information content (AvgIpc) is 2.47. The molecule has 0 aliphatic rings. The van der Waals surface area contributed by atoms with E-state index in [2.05, 4.69) is 17.2 Å². The second-order valence-electron chi connectivity index (χ2n) is 4.57. The van der Waals surface area contributed by atoms with Gasteiger partial charge < -0.3 is 20.5 Å². The smallest absolute Gasteiger partial charge is 0.328 e. The summed E-state index contributed by atoms with van der Waals surface area (Å²) in [5, 5.41) is 14.1. The van der Waals surface area contributed by atoms with E-state index in [0.717, 1.165) is 0 Å². The van der Waals surface area contributed by atoms with Gasteiger partial charge in [-0.15, -0.1) is 6.58 Å². The van der Waals surface area contributed by atoms with Crippen LogP contribution in [0.2, 0.25) is 5.02 Å². The first kappa shape index (κ1) is 18.7. The van der Waals surface area contributed by atoms with Crippen molar-refractivity contribution in [2.24, 2.45) is 0 Å². The van der Waals surface area contributed by atoms with Gasteiger partial charge in [0.1, 0.15) is 0 Å². The second kappa shape index (κ2) is 8.92. The van der Waals surface area contributed by atoms with Crippen LogP contribution in [0.25, 0.3) is 0 Å². The third-order valence-corrected chi connectivity index (χ3v) is 2.98. The molecule has 1 aromatic rings. The summed E-state index contributed by atoms with van der Waals surface area (Å²) >= 11 is 5.95. The number of ether oxygens (including phenoxy) is 1. The van der Waals surface area contributed by atoms with Gasteiger partial charge in [-0.25, -0.2) is 4.79 Å². The van der Waals surface area contributed by atoms with E-state index in [4.69, 9.17) is 21.4 Å². The fraction of sp³-hybridized carbons (Fsp3) is 0.267. The minimum atomic E-state index is -1.24. The van der Waals surface area contributed by atoms with Crippen LogP contribution in [0.5, 0.6) is 0 Å². The van der Waals surface area contributed by atoms with E-state index >= 15 is 0 Å². The van der Waals surface area contributed by atoms with Gasteiger partial charge in [0.25, 0.3) is 5.91 Å². The van der Waals surface area contributed by atoms with Crippen molar-refractivity contribution < 1.29 is 24.2 Å². The highest BCUT2D eigenvalue weighted by atomic mass is 35.5. The zero-order chi connectivity index (χ0) is 17.4. The van der Waals surface area contributed by atoms with Crippen LogP contribution < -0.4 is 10.6 Å². The van der Waals surface area contributed by atoms with Crippen LogP contribution in [0.3, 0.4) is 0 Å². The predicted octanol–water partition coefficient (Wildman–Crippen LogP) is 1.68. The SMILES string of the molecule is C=CCOCC(NC(=O)c1cc(NC(C)=O)ccc1Cl)C(=O)O. The molecule has 0 bridgehead atoms. The molecule has 0 radical (unpaired) electrons. The molecule has 0 aromatic heterocycles. The van der Waals surface area contributed by atoms with E-state index in [9.17, 15) is 14.4 Å². The second-order valence-corrected chi connectivity index (χ2v) is 4.97. The van der Waals surface area contributed by atoms with E-state index in [0.29, 0.717) is 5.69 Å². The normalized spacial score (nSPS) is 11.4. The maximum atomic E-state index is 12.2. The van der Waals surface area contributed by atoms with E-state index < -0.39 is 17.9 Å². The molecule has 1 aromatic carbocycles. The zero-order valence-corrected chi connectivity index (χ0v) is 13.2. The van der Waals surface area contributed by atoms with Gasteiger partial charge in [0.15, 0.2) is 6.04 Å². The topological polar surface area (TPSA) is 105 Å². The number of hydrogen-bond donors (Lipinski definition) is 3. The standard InChI is InChI=1S/C15H17ClN2O5/c1-3-6-23-8-13(15(21)22)18-14(20)11-7-10(17-9(2)19)4-5-12(11)16/h3-5,7,13H,1,6,8H2,2H3,(H,17,19)(H,18,20)(H,21,22). The number of benzene rings is 1. The quantitative estimate of drug-likeness (QED) is 0.493. The molecule has 0 fully saturated rings. The Kier molecular flexibility index (Phi) is 7.24.